The largest absolute Gasteiger partial charge is 0.504 e. The number of carbonyl (C=O) groups is 1. The number of phenolic OH excluding ortho intramolecular Hbond substituents is 2. The van der Waals surface area contributed by atoms with Crippen LogP contribution in [0.1, 0.15) is 22.6 Å². The predicted molar refractivity (Wildman–Crippen MR) is 99.4 cm³/mol. The molecule has 4 rings (SSSR count). The molecular weight excluding hydrogens is 364 g/mol. The first-order valence-corrected chi connectivity index (χ1v) is 8.99. The average molecular weight is 386 g/mol. The lowest BCUT2D eigenvalue weighted by Crippen LogP contribution is -2.31. The van der Waals surface area contributed by atoms with E-state index in [1.807, 2.05) is 0 Å². The molecule has 0 bridgehead atoms. The number of benzene rings is 2. The van der Waals surface area contributed by atoms with E-state index < -0.39 is 0 Å². The van der Waals surface area contributed by atoms with Crippen molar-refractivity contribution >= 4 is 5.97 Å². The number of cyclic esters (lactones) is 1. The molecule has 0 aromatic heterocycles. The van der Waals surface area contributed by atoms with Gasteiger partial charge >= 0.3 is 5.97 Å². The van der Waals surface area contributed by atoms with Gasteiger partial charge in [-0.15, -0.1) is 0 Å². The van der Waals surface area contributed by atoms with E-state index in [2.05, 4.69) is 0 Å². The summed E-state index contributed by atoms with van der Waals surface area (Å²) >= 11 is 0. The number of rotatable bonds is 4. The second-order valence-corrected chi connectivity index (χ2v) is 7.09. The van der Waals surface area contributed by atoms with Crippen LogP contribution in [0.15, 0.2) is 24.3 Å². The average Bonchev–Trinajstić information content (AvgIpc) is 3.06. The fourth-order valence-corrected chi connectivity index (χ4v) is 4.39. The van der Waals surface area contributed by atoms with Crippen LogP contribution in [0, 0.1) is 11.8 Å². The molecule has 2 aromatic rings. The van der Waals surface area contributed by atoms with Crippen molar-refractivity contribution in [2.24, 2.45) is 11.8 Å². The number of methoxy groups -OCH3 is 3. The molecule has 7 heteroatoms. The number of hydrogen-bond donors (Lipinski definition) is 2. The molecule has 2 N–H and O–H groups in total. The Morgan fingerprint density at radius 2 is 1.61 bits per heavy atom. The zero-order chi connectivity index (χ0) is 20.0. The van der Waals surface area contributed by atoms with Crippen LogP contribution in [0.4, 0.5) is 0 Å². The van der Waals surface area contributed by atoms with E-state index in [4.69, 9.17) is 18.9 Å². The quantitative estimate of drug-likeness (QED) is 0.780. The lowest BCUT2D eigenvalue weighted by molar-refractivity contribution is -0.141. The number of carbonyl (C=O) groups excluding carboxylic acids is 1. The molecule has 1 aliphatic carbocycles. The van der Waals surface area contributed by atoms with Gasteiger partial charge in [-0.05, 0) is 47.4 Å². The minimum Gasteiger partial charge on any atom is -0.504 e. The highest BCUT2D eigenvalue weighted by Crippen LogP contribution is 2.51. The van der Waals surface area contributed by atoms with E-state index in [9.17, 15) is 15.0 Å². The molecule has 28 heavy (non-hydrogen) atoms. The molecule has 2 aliphatic rings. The highest BCUT2D eigenvalue weighted by atomic mass is 16.5. The molecule has 0 saturated carbocycles. The smallest absolute Gasteiger partial charge is 0.310 e. The van der Waals surface area contributed by atoms with Crippen molar-refractivity contribution in [3.8, 4) is 28.7 Å². The van der Waals surface area contributed by atoms with Crippen molar-refractivity contribution in [3.05, 3.63) is 41.0 Å². The van der Waals surface area contributed by atoms with Gasteiger partial charge in [0, 0.05) is 11.8 Å². The molecule has 0 spiro atoms. The Kier molecular flexibility index (Phi) is 4.45. The fourth-order valence-electron chi connectivity index (χ4n) is 4.39. The van der Waals surface area contributed by atoms with E-state index in [0.717, 1.165) is 16.7 Å². The lowest BCUT2D eigenvalue weighted by Gasteiger charge is -2.34. The Morgan fingerprint density at radius 1 is 0.964 bits per heavy atom. The standard InChI is InChI=1S/C21H22O7/c1-25-15-8-13-10(5-14(15)22)4-12-9-28-21(24)19(12)18(13)11-6-16(26-2)20(23)17(7-11)27-3/h5-8,12,18-19,22-23H,4,9H2,1-3H3/t12-,18?,19-/m0/s1. The first-order valence-electron chi connectivity index (χ1n) is 8.99. The van der Waals surface area contributed by atoms with Crippen molar-refractivity contribution < 1.29 is 34.0 Å². The van der Waals surface area contributed by atoms with Crippen molar-refractivity contribution in [1.82, 2.24) is 0 Å². The van der Waals surface area contributed by atoms with E-state index in [1.165, 1.54) is 21.3 Å². The van der Waals surface area contributed by atoms with Gasteiger partial charge in [0.2, 0.25) is 5.75 Å². The number of hydrogen-bond acceptors (Lipinski definition) is 7. The summed E-state index contributed by atoms with van der Waals surface area (Å²) in [4.78, 5) is 12.6. The Balaban J connectivity index is 1.95. The second kappa shape index (κ2) is 6.82. The summed E-state index contributed by atoms with van der Waals surface area (Å²) in [6.45, 7) is 0.346. The highest BCUT2D eigenvalue weighted by Gasteiger charge is 2.48. The van der Waals surface area contributed by atoms with Crippen LogP contribution in [0.5, 0.6) is 28.7 Å². The summed E-state index contributed by atoms with van der Waals surface area (Å²) in [6, 6.07) is 6.87. The molecule has 7 nitrogen and oxygen atoms in total. The molecule has 3 atom stereocenters. The van der Waals surface area contributed by atoms with E-state index in [1.54, 1.807) is 24.3 Å². The molecule has 2 aromatic carbocycles. The van der Waals surface area contributed by atoms with Crippen LogP contribution in [0.2, 0.25) is 0 Å². The van der Waals surface area contributed by atoms with Crippen LogP contribution >= 0.6 is 0 Å². The monoisotopic (exact) mass is 386 g/mol. The number of aromatic hydroxyl groups is 2. The molecule has 1 unspecified atom stereocenters. The van der Waals surface area contributed by atoms with Crippen LogP contribution in [0.3, 0.4) is 0 Å². The van der Waals surface area contributed by atoms with Gasteiger partial charge in [0.1, 0.15) is 0 Å². The van der Waals surface area contributed by atoms with Gasteiger partial charge in [0.15, 0.2) is 23.0 Å². The fraction of sp³-hybridized carbons (Fsp3) is 0.381. The van der Waals surface area contributed by atoms with Gasteiger partial charge in [0.25, 0.3) is 0 Å². The summed E-state index contributed by atoms with van der Waals surface area (Å²) in [5.74, 6) is -0.149. The number of esters is 1. The molecule has 1 aliphatic heterocycles. The van der Waals surface area contributed by atoms with Crippen molar-refractivity contribution in [1.29, 1.82) is 0 Å². The molecule has 0 radical (unpaired) electrons. The maximum atomic E-state index is 12.6. The van der Waals surface area contributed by atoms with Gasteiger partial charge in [-0.3, -0.25) is 4.79 Å². The lowest BCUT2D eigenvalue weighted by atomic mass is 9.67. The van der Waals surface area contributed by atoms with Crippen LogP contribution in [0.25, 0.3) is 0 Å². The normalized spacial score (nSPS) is 22.8. The zero-order valence-electron chi connectivity index (χ0n) is 15.9. The summed E-state index contributed by atoms with van der Waals surface area (Å²) in [5, 5.41) is 20.5. The SMILES string of the molecule is COc1cc2c(cc1O)C[C@H]1COC(=O)[C@@H]1C2c1cc(OC)c(O)c(OC)c1. The van der Waals surface area contributed by atoms with E-state index >= 15 is 0 Å². The van der Waals surface area contributed by atoms with Crippen molar-refractivity contribution in [2.45, 2.75) is 12.3 Å². The van der Waals surface area contributed by atoms with Crippen molar-refractivity contribution in [3.63, 3.8) is 0 Å². The summed E-state index contributed by atoms with van der Waals surface area (Å²) in [7, 11) is 4.40. The summed E-state index contributed by atoms with van der Waals surface area (Å²) in [6.07, 6.45) is 0.631. The third-order valence-electron chi connectivity index (χ3n) is 5.70. The third-order valence-corrected chi connectivity index (χ3v) is 5.70. The minimum absolute atomic E-state index is 0.00332. The van der Waals surface area contributed by atoms with E-state index in [-0.39, 0.29) is 46.7 Å². The molecule has 1 fully saturated rings. The van der Waals surface area contributed by atoms with Crippen LogP contribution < -0.4 is 14.2 Å². The van der Waals surface area contributed by atoms with E-state index in [0.29, 0.717) is 18.8 Å². The summed E-state index contributed by atoms with van der Waals surface area (Å²) in [5.41, 5.74) is 2.58. The highest BCUT2D eigenvalue weighted by molar-refractivity contribution is 5.78. The summed E-state index contributed by atoms with van der Waals surface area (Å²) < 4.78 is 21.2. The van der Waals surface area contributed by atoms with Gasteiger partial charge in [-0.1, -0.05) is 0 Å². The van der Waals surface area contributed by atoms with Gasteiger partial charge in [-0.2, -0.15) is 0 Å². The molecule has 1 saturated heterocycles. The number of ether oxygens (including phenoxy) is 4. The van der Waals surface area contributed by atoms with Crippen LogP contribution in [-0.4, -0.2) is 44.1 Å². The Morgan fingerprint density at radius 3 is 2.21 bits per heavy atom. The number of fused-ring (bicyclic) bond motifs is 2. The van der Waals surface area contributed by atoms with Crippen LogP contribution in [-0.2, 0) is 16.0 Å². The molecular formula is C21H22O7. The third kappa shape index (κ3) is 2.69. The first-order chi connectivity index (χ1) is 13.5. The van der Waals surface area contributed by atoms with Crippen molar-refractivity contribution in [2.75, 3.05) is 27.9 Å². The molecule has 1 heterocycles. The predicted octanol–water partition coefficient (Wildman–Crippen LogP) is 2.60. The van der Waals surface area contributed by atoms with Gasteiger partial charge in [-0.25, -0.2) is 0 Å². The minimum atomic E-state index is -0.374. The Bertz CT molecular complexity index is 912. The topological polar surface area (TPSA) is 94.5 Å². The molecule has 148 valence electrons. The van der Waals surface area contributed by atoms with Gasteiger partial charge < -0.3 is 29.2 Å². The number of phenols is 2. The Labute approximate surface area is 162 Å². The zero-order valence-corrected chi connectivity index (χ0v) is 15.9. The Hall–Kier alpha value is -3.09. The second-order valence-electron chi connectivity index (χ2n) is 7.09. The molecule has 0 amide bonds. The maximum Gasteiger partial charge on any atom is 0.310 e. The van der Waals surface area contributed by atoms with Gasteiger partial charge in [0.05, 0.1) is 33.9 Å². The first kappa shape index (κ1) is 18.3. The maximum absolute atomic E-state index is 12.6.